The molecule has 0 spiro atoms. The molecular weight excluding hydrogens is 224 g/mol. The third kappa shape index (κ3) is 3.62. The minimum absolute atomic E-state index is 0.539. The highest BCUT2D eigenvalue weighted by atomic mass is 16.5. The van der Waals surface area contributed by atoms with Crippen molar-refractivity contribution in [2.75, 3.05) is 6.61 Å². The zero-order valence-corrected chi connectivity index (χ0v) is 11.0. The highest BCUT2D eigenvalue weighted by molar-refractivity contribution is 5.30. The van der Waals surface area contributed by atoms with Gasteiger partial charge in [0.15, 0.2) is 0 Å². The summed E-state index contributed by atoms with van der Waals surface area (Å²) in [7, 11) is 0. The van der Waals surface area contributed by atoms with Crippen LogP contribution in [0.15, 0.2) is 36.8 Å². The van der Waals surface area contributed by atoms with Crippen molar-refractivity contribution in [2.45, 2.75) is 32.6 Å². The topological polar surface area (TPSA) is 37.9 Å². The fraction of sp³-hybridized carbons (Fsp3) is 0.400. The van der Waals surface area contributed by atoms with Gasteiger partial charge < -0.3 is 9.72 Å². The van der Waals surface area contributed by atoms with Gasteiger partial charge in [0, 0.05) is 6.20 Å². The molecule has 0 saturated carbocycles. The van der Waals surface area contributed by atoms with Gasteiger partial charge in [0.05, 0.1) is 18.6 Å². The van der Waals surface area contributed by atoms with Gasteiger partial charge in [0.2, 0.25) is 0 Å². The Morgan fingerprint density at radius 3 is 2.94 bits per heavy atom. The molecule has 0 radical (unpaired) electrons. The number of benzene rings is 1. The molecule has 2 aromatic rings. The molecule has 2 rings (SSSR count). The van der Waals surface area contributed by atoms with Crippen molar-refractivity contribution in [3.8, 4) is 5.75 Å². The van der Waals surface area contributed by atoms with Crippen LogP contribution in [0.2, 0.25) is 0 Å². The highest BCUT2D eigenvalue weighted by Gasteiger charge is 2.01. The normalized spacial score (nSPS) is 10.8. The van der Waals surface area contributed by atoms with Gasteiger partial charge in [-0.15, -0.1) is 0 Å². The lowest BCUT2D eigenvalue weighted by Crippen LogP contribution is -2.00. The lowest BCUT2D eigenvalue weighted by molar-refractivity contribution is 0.310. The molecule has 3 heteroatoms. The summed E-state index contributed by atoms with van der Waals surface area (Å²) in [6, 6.07) is 8.33. The molecule has 3 nitrogen and oxygen atoms in total. The molecule has 0 aliphatic heterocycles. The molecule has 0 bridgehead atoms. The van der Waals surface area contributed by atoms with E-state index in [0.717, 1.165) is 30.9 Å². The van der Waals surface area contributed by atoms with Crippen molar-refractivity contribution in [1.82, 2.24) is 9.97 Å². The molecule has 96 valence electrons. The van der Waals surface area contributed by atoms with E-state index in [1.54, 1.807) is 6.33 Å². The third-order valence-electron chi connectivity index (χ3n) is 2.93. The Morgan fingerprint density at radius 1 is 1.33 bits per heavy atom. The van der Waals surface area contributed by atoms with Gasteiger partial charge >= 0.3 is 0 Å². The van der Waals surface area contributed by atoms with E-state index >= 15 is 0 Å². The number of imidazole rings is 1. The van der Waals surface area contributed by atoms with E-state index in [1.165, 1.54) is 5.56 Å². The smallest absolute Gasteiger partial charge is 0.119 e. The lowest BCUT2D eigenvalue weighted by Gasteiger charge is -2.09. The average Bonchev–Trinajstić information content (AvgIpc) is 2.88. The van der Waals surface area contributed by atoms with E-state index in [-0.39, 0.29) is 0 Å². The number of hydrogen-bond acceptors (Lipinski definition) is 2. The zero-order valence-electron chi connectivity index (χ0n) is 11.0. The first-order valence-electron chi connectivity index (χ1n) is 6.46. The maximum Gasteiger partial charge on any atom is 0.119 e. The third-order valence-corrected chi connectivity index (χ3v) is 2.93. The fourth-order valence-electron chi connectivity index (χ4n) is 1.83. The summed E-state index contributed by atoms with van der Waals surface area (Å²) >= 11 is 0. The molecule has 0 fully saturated rings. The second kappa shape index (κ2) is 6.24. The van der Waals surface area contributed by atoms with Crippen LogP contribution in [0.3, 0.4) is 0 Å². The van der Waals surface area contributed by atoms with Crippen molar-refractivity contribution in [2.24, 2.45) is 0 Å². The number of nitrogens with one attached hydrogen (secondary N) is 1. The first-order chi connectivity index (χ1) is 8.75. The summed E-state index contributed by atoms with van der Waals surface area (Å²) in [5, 5.41) is 0. The van der Waals surface area contributed by atoms with Crippen molar-refractivity contribution < 1.29 is 4.74 Å². The summed E-state index contributed by atoms with van der Waals surface area (Å²) < 4.78 is 5.76. The second-order valence-electron chi connectivity index (χ2n) is 4.74. The molecule has 0 aliphatic rings. The van der Waals surface area contributed by atoms with Crippen LogP contribution >= 0.6 is 0 Å². The van der Waals surface area contributed by atoms with Gasteiger partial charge in [-0.3, -0.25) is 0 Å². The van der Waals surface area contributed by atoms with E-state index in [0.29, 0.717) is 5.92 Å². The van der Waals surface area contributed by atoms with Gasteiger partial charge in [-0.1, -0.05) is 26.0 Å². The molecule has 0 saturated heterocycles. The SMILES string of the molecule is CC(C)c1cccc(OCCCc2c[nH]cn2)c1. The Bertz CT molecular complexity index is 463. The lowest BCUT2D eigenvalue weighted by atomic mass is 10.0. The van der Waals surface area contributed by atoms with E-state index in [1.807, 2.05) is 12.3 Å². The number of H-pyrrole nitrogens is 1. The first kappa shape index (κ1) is 12.7. The predicted octanol–water partition coefficient (Wildman–Crippen LogP) is 3.54. The number of aryl methyl sites for hydroxylation is 1. The first-order valence-corrected chi connectivity index (χ1v) is 6.46. The van der Waals surface area contributed by atoms with Gasteiger partial charge in [-0.2, -0.15) is 0 Å². The molecule has 0 aliphatic carbocycles. The maximum absolute atomic E-state index is 5.76. The molecule has 1 aromatic carbocycles. The number of aromatic nitrogens is 2. The summed E-state index contributed by atoms with van der Waals surface area (Å²) in [5.74, 6) is 1.50. The highest BCUT2D eigenvalue weighted by Crippen LogP contribution is 2.20. The van der Waals surface area contributed by atoms with Crippen molar-refractivity contribution >= 4 is 0 Å². The molecular formula is C15H20N2O. The monoisotopic (exact) mass is 244 g/mol. The van der Waals surface area contributed by atoms with Crippen LogP contribution in [-0.4, -0.2) is 16.6 Å². The summed E-state index contributed by atoms with van der Waals surface area (Å²) in [6.07, 6.45) is 5.58. The minimum atomic E-state index is 0.539. The molecule has 0 amide bonds. The van der Waals surface area contributed by atoms with Crippen molar-refractivity contribution in [1.29, 1.82) is 0 Å². The van der Waals surface area contributed by atoms with Crippen LogP contribution in [0.5, 0.6) is 5.75 Å². The van der Waals surface area contributed by atoms with Crippen molar-refractivity contribution in [3.63, 3.8) is 0 Å². The van der Waals surface area contributed by atoms with E-state index in [4.69, 9.17) is 4.74 Å². The molecule has 1 heterocycles. The number of hydrogen-bond donors (Lipinski definition) is 1. The Balaban J connectivity index is 1.78. The van der Waals surface area contributed by atoms with Crippen molar-refractivity contribution in [3.05, 3.63) is 48.0 Å². The Labute approximate surface area is 108 Å². The summed E-state index contributed by atoms with van der Waals surface area (Å²) in [6.45, 7) is 5.11. The molecule has 18 heavy (non-hydrogen) atoms. The van der Waals surface area contributed by atoms with Gasteiger partial charge in [-0.25, -0.2) is 4.98 Å². The quantitative estimate of drug-likeness (QED) is 0.789. The van der Waals surface area contributed by atoms with Gasteiger partial charge in [0.1, 0.15) is 5.75 Å². The molecule has 1 N–H and O–H groups in total. The summed E-state index contributed by atoms with van der Waals surface area (Å²) in [5.41, 5.74) is 2.41. The van der Waals surface area contributed by atoms with Gasteiger partial charge in [0.25, 0.3) is 0 Å². The number of ether oxygens (including phenoxy) is 1. The summed E-state index contributed by atoms with van der Waals surface area (Å²) in [4.78, 5) is 7.14. The molecule has 1 aromatic heterocycles. The minimum Gasteiger partial charge on any atom is -0.494 e. The van der Waals surface area contributed by atoms with Crippen LogP contribution < -0.4 is 4.74 Å². The van der Waals surface area contributed by atoms with Crippen LogP contribution in [0.1, 0.15) is 37.4 Å². The predicted molar refractivity (Wildman–Crippen MR) is 72.9 cm³/mol. The van der Waals surface area contributed by atoms with Crippen LogP contribution in [-0.2, 0) is 6.42 Å². The number of rotatable bonds is 6. The van der Waals surface area contributed by atoms with Crippen LogP contribution in [0.25, 0.3) is 0 Å². The van der Waals surface area contributed by atoms with Crippen LogP contribution in [0.4, 0.5) is 0 Å². The zero-order chi connectivity index (χ0) is 12.8. The number of nitrogens with zero attached hydrogens (tertiary/aromatic N) is 1. The Morgan fingerprint density at radius 2 is 2.22 bits per heavy atom. The Kier molecular flexibility index (Phi) is 4.40. The largest absolute Gasteiger partial charge is 0.494 e. The average molecular weight is 244 g/mol. The standard InChI is InChI=1S/C15H20N2O/c1-12(2)13-5-3-7-15(9-13)18-8-4-6-14-10-16-11-17-14/h3,5,7,9-12H,4,6,8H2,1-2H3,(H,16,17). The van der Waals surface area contributed by atoms with Crippen LogP contribution in [0, 0.1) is 0 Å². The van der Waals surface area contributed by atoms with E-state index in [9.17, 15) is 0 Å². The van der Waals surface area contributed by atoms with E-state index in [2.05, 4.69) is 42.0 Å². The fourth-order valence-corrected chi connectivity index (χ4v) is 1.83. The van der Waals surface area contributed by atoms with Gasteiger partial charge in [-0.05, 0) is 36.5 Å². The molecule has 0 unspecified atom stereocenters. The van der Waals surface area contributed by atoms with E-state index < -0.39 is 0 Å². The Hall–Kier alpha value is -1.77. The number of aromatic amines is 1. The second-order valence-corrected chi connectivity index (χ2v) is 4.74. The molecule has 0 atom stereocenters. The maximum atomic E-state index is 5.76.